The number of pyridine rings is 1. The number of nitrogens with one attached hydrogen (secondary N) is 1. The van der Waals surface area contributed by atoms with Crippen LogP contribution < -0.4 is 9.46 Å². The van der Waals surface area contributed by atoms with Crippen molar-refractivity contribution in [3.05, 3.63) is 60.6 Å². The molecule has 0 radical (unpaired) electrons. The standard InChI is InChI=1S/C21H22N6O4S/c1-15-23-19(18-9-5-6-12-22-18)25-20(24-15)26-32(29,30)17-10-13-27(14-11-17)21(28)31-16-7-3-2-4-8-16/h2-9,12,17H,10-11,13-14H2,1H3,(H,23,24,25,26). The van der Waals surface area contributed by atoms with E-state index in [0.29, 0.717) is 17.3 Å². The molecule has 0 bridgehead atoms. The average molecular weight is 455 g/mol. The molecule has 1 saturated heterocycles. The molecule has 1 fully saturated rings. The molecule has 32 heavy (non-hydrogen) atoms. The summed E-state index contributed by atoms with van der Waals surface area (Å²) in [5.41, 5.74) is 0.517. The minimum Gasteiger partial charge on any atom is -0.410 e. The highest BCUT2D eigenvalue weighted by Gasteiger charge is 2.33. The van der Waals surface area contributed by atoms with Crippen LogP contribution in [0.3, 0.4) is 0 Å². The Morgan fingerprint density at radius 3 is 2.44 bits per heavy atom. The van der Waals surface area contributed by atoms with Gasteiger partial charge < -0.3 is 9.64 Å². The van der Waals surface area contributed by atoms with Gasteiger partial charge in [-0.1, -0.05) is 24.3 Å². The topological polar surface area (TPSA) is 127 Å². The van der Waals surface area contributed by atoms with E-state index in [1.54, 1.807) is 55.6 Å². The molecule has 1 amide bonds. The van der Waals surface area contributed by atoms with Gasteiger partial charge >= 0.3 is 6.09 Å². The van der Waals surface area contributed by atoms with Crippen molar-refractivity contribution < 1.29 is 17.9 Å². The highest BCUT2D eigenvalue weighted by molar-refractivity contribution is 7.93. The third-order valence-electron chi connectivity index (χ3n) is 4.96. The van der Waals surface area contributed by atoms with E-state index < -0.39 is 21.4 Å². The highest BCUT2D eigenvalue weighted by Crippen LogP contribution is 2.22. The zero-order valence-corrected chi connectivity index (χ0v) is 18.2. The molecule has 0 aliphatic carbocycles. The number of aromatic nitrogens is 4. The molecule has 166 valence electrons. The van der Waals surface area contributed by atoms with Crippen LogP contribution in [0.5, 0.6) is 5.75 Å². The lowest BCUT2D eigenvalue weighted by molar-refractivity contribution is 0.143. The van der Waals surface area contributed by atoms with Crippen LogP contribution in [-0.4, -0.2) is 57.7 Å². The summed E-state index contributed by atoms with van der Waals surface area (Å²) in [5, 5.41) is -0.682. The Labute approximate surface area is 185 Å². The molecule has 4 rings (SSSR count). The van der Waals surface area contributed by atoms with Gasteiger partial charge in [-0.25, -0.2) is 18.2 Å². The molecule has 3 heterocycles. The maximum atomic E-state index is 12.9. The van der Waals surface area contributed by atoms with Crippen molar-refractivity contribution in [2.75, 3.05) is 17.8 Å². The summed E-state index contributed by atoms with van der Waals surface area (Å²) in [4.78, 5) is 30.6. The summed E-state index contributed by atoms with van der Waals surface area (Å²) in [7, 11) is -3.76. The fraction of sp³-hybridized carbons (Fsp3) is 0.286. The quantitative estimate of drug-likeness (QED) is 0.623. The van der Waals surface area contributed by atoms with Crippen LogP contribution in [0, 0.1) is 6.92 Å². The Balaban J connectivity index is 1.40. The molecule has 1 aromatic carbocycles. The fourth-order valence-electron chi connectivity index (χ4n) is 3.35. The van der Waals surface area contributed by atoms with E-state index in [4.69, 9.17) is 4.74 Å². The zero-order chi connectivity index (χ0) is 22.6. The number of benzene rings is 1. The molecule has 0 atom stereocenters. The van der Waals surface area contributed by atoms with Gasteiger partial charge in [0, 0.05) is 19.3 Å². The molecular formula is C21H22N6O4S. The number of aryl methyl sites for hydroxylation is 1. The van der Waals surface area contributed by atoms with Crippen LogP contribution in [0.4, 0.5) is 10.7 Å². The minimum atomic E-state index is -3.76. The van der Waals surface area contributed by atoms with E-state index in [1.165, 1.54) is 4.90 Å². The average Bonchev–Trinajstić information content (AvgIpc) is 2.80. The monoisotopic (exact) mass is 454 g/mol. The lowest BCUT2D eigenvalue weighted by Gasteiger charge is -2.30. The Morgan fingerprint density at radius 2 is 1.75 bits per heavy atom. The first-order valence-electron chi connectivity index (χ1n) is 10.1. The number of amides is 1. The lowest BCUT2D eigenvalue weighted by Crippen LogP contribution is -2.45. The number of hydrogen-bond donors (Lipinski definition) is 1. The Bertz CT molecular complexity index is 1180. The van der Waals surface area contributed by atoms with Gasteiger partial charge in [0.05, 0.1) is 5.25 Å². The predicted octanol–water partition coefficient (Wildman–Crippen LogP) is 2.65. The number of carbonyl (C=O) groups excluding carboxylic acids is 1. The largest absolute Gasteiger partial charge is 0.415 e. The molecule has 1 aliphatic rings. The number of hydrogen-bond acceptors (Lipinski definition) is 8. The van der Waals surface area contributed by atoms with Crippen molar-refractivity contribution in [1.82, 2.24) is 24.8 Å². The molecule has 11 heteroatoms. The minimum absolute atomic E-state index is 0.0518. The van der Waals surface area contributed by atoms with Gasteiger partial charge in [-0.3, -0.25) is 9.71 Å². The third-order valence-corrected chi connectivity index (χ3v) is 6.78. The Kier molecular flexibility index (Phi) is 6.26. The van der Waals surface area contributed by atoms with Crippen LogP contribution in [0.2, 0.25) is 0 Å². The first-order chi connectivity index (χ1) is 15.4. The van der Waals surface area contributed by atoms with E-state index in [0.717, 1.165) is 0 Å². The zero-order valence-electron chi connectivity index (χ0n) is 17.4. The normalized spacial score (nSPS) is 14.7. The van der Waals surface area contributed by atoms with Crippen LogP contribution >= 0.6 is 0 Å². The second-order valence-corrected chi connectivity index (χ2v) is 9.22. The number of sulfonamides is 1. The van der Waals surface area contributed by atoms with Crippen molar-refractivity contribution >= 4 is 22.1 Å². The molecule has 3 aromatic rings. The van der Waals surface area contributed by atoms with Crippen LogP contribution in [0.1, 0.15) is 18.7 Å². The first-order valence-corrected chi connectivity index (χ1v) is 11.6. The van der Waals surface area contributed by atoms with Gasteiger partial charge in [-0.05, 0) is 44.0 Å². The number of nitrogens with zero attached hydrogens (tertiary/aromatic N) is 5. The lowest BCUT2D eigenvalue weighted by atomic mass is 10.1. The van der Waals surface area contributed by atoms with Gasteiger partial charge in [0.25, 0.3) is 0 Å². The van der Waals surface area contributed by atoms with Crippen LogP contribution in [-0.2, 0) is 10.0 Å². The SMILES string of the molecule is Cc1nc(NS(=O)(=O)C2CCN(C(=O)Oc3ccccc3)CC2)nc(-c2ccccn2)n1. The van der Waals surface area contributed by atoms with Crippen molar-refractivity contribution in [3.8, 4) is 17.3 Å². The van der Waals surface area contributed by atoms with E-state index >= 15 is 0 Å². The number of carbonyl (C=O) groups is 1. The molecular weight excluding hydrogens is 432 g/mol. The van der Waals surface area contributed by atoms with Gasteiger partial charge in [0.15, 0.2) is 5.82 Å². The second kappa shape index (κ2) is 9.27. The van der Waals surface area contributed by atoms with E-state index in [1.807, 2.05) is 6.07 Å². The third kappa shape index (κ3) is 5.17. The summed E-state index contributed by atoms with van der Waals surface area (Å²) in [6.07, 6.45) is 1.66. The molecule has 1 aliphatic heterocycles. The number of likely N-dealkylation sites (tertiary alicyclic amines) is 1. The molecule has 1 N–H and O–H groups in total. The highest BCUT2D eigenvalue weighted by atomic mass is 32.2. The maximum Gasteiger partial charge on any atom is 0.415 e. The van der Waals surface area contributed by atoms with Crippen molar-refractivity contribution in [1.29, 1.82) is 0 Å². The molecule has 10 nitrogen and oxygen atoms in total. The summed E-state index contributed by atoms with van der Waals surface area (Å²) in [6.45, 7) is 2.20. The summed E-state index contributed by atoms with van der Waals surface area (Å²) in [5.74, 6) is 1.05. The molecule has 0 spiro atoms. The number of piperidine rings is 1. The van der Waals surface area contributed by atoms with Gasteiger partial charge in [-0.2, -0.15) is 9.97 Å². The first kappa shape index (κ1) is 21.6. The second-order valence-electron chi connectivity index (χ2n) is 7.26. The number of para-hydroxylation sites is 1. The van der Waals surface area contributed by atoms with Crippen molar-refractivity contribution in [3.63, 3.8) is 0 Å². The van der Waals surface area contributed by atoms with Gasteiger partial charge in [0.2, 0.25) is 16.0 Å². The van der Waals surface area contributed by atoms with Crippen LogP contribution in [0.25, 0.3) is 11.5 Å². The number of anilines is 1. The summed E-state index contributed by atoms with van der Waals surface area (Å²) < 4.78 is 33.6. The Hall–Kier alpha value is -3.60. The fourth-order valence-corrected chi connectivity index (χ4v) is 4.69. The van der Waals surface area contributed by atoms with Crippen LogP contribution in [0.15, 0.2) is 54.7 Å². The van der Waals surface area contributed by atoms with Gasteiger partial charge in [0.1, 0.15) is 17.3 Å². The van der Waals surface area contributed by atoms with E-state index in [2.05, 4.69) is 24.7 Å². The summed E-state index contributed by atoms with van der Waals surface area (Å²) in [6, 6.07) is 14.0. The Morgan fingerprint density at radius 1 is 1.03 bits per heavy atom. The predicted molar refractivity (Wildman–Crippen MR) is 117 cm³/mol. The van der Waals surface area contributed by atoms with Gasteiger partial charge in [-0.15, -0.1) is 0 Å². The van der Waals surface area contributed by atoms with Crippen molar-refractivity contribution in [2.24, 2.45) is 0 Å². The summed E-state index contributed by atoms with van der Waals surface area (Å²) >= 11 is 0. The van der Waals surface area contributed by atoms with E-state index in [9.17, 15) is 13.2 Å². The maximum absolute atomic E-state index is 12.9. The number of ether oxygens (including phenoxy) is 1. The van der Waals surface area contributed by atoms with E-state index in [-0.39, 0.29) is 37.7 Å². The smallest absolute Gasteiger partial charge is 0.410 e. The van der Waals surface area contributed by atoms with Crippen molar-refractivity contribution in [2.45, 2.75) is 25.0 Å². The molecule has 0 unspecified atom stereocenters. The molecule has 0 saturated carbocycles. The number of rotatable bonds is 5. The molecule has 2 aromatic heterocycles.